The van der Waals surface area contributed by atoms with Crippen LogP contribution in [0.15, 0.2) is 51.1 Å². The van der Waals surface area contributed by atoms with Crippen LogP contribution in [0.5, 0.6) is 0 Å². The van der Waals surface area contributed by atoms with Crippen LogP contribution in [0, 0.1) is 0 Å². The van der Waals surface area contributed by atoms with Gasteiger partial charge in [0.1, 0.15) is 0 Å². The van der Waals surface area contributed by atoms with Crippen molar-refractivity contribution >= 4 is 20.4 Å². The van der Waals surface area contributed by atoms with Crippen LogP contribution in [0.2, 0.25) is 0 Å². The van der Waals surface area contributed by atoms with E-state index in [0.717, 1.165) is 16.7 Å². The van der Waals surface area contributed by atoms with E-state index in [-0.39, 0.29) is 32.4 Å². The fourth-order valence-corrected chi connectivity index (χ4v) is 14.8. The number of benzene rings is 3. The summed E-state index contributed by atoms with van der Waals surface area (Å²) in [7, 11) is -12.0. The van der Waals surface area contributed by atoms with Gasteiger partial charge in [0, 0.05) is 14.7 Å². The third kappa shape index (κ3) is 9.75. The van der Waals surface area contributed by atoms with Crippen LogP contribution < -0.4 is 0 Å². The van der Waals surface area contributed by atoms with E-state index in [9.17, 15) is 30.4 Å². The normalized spacial score (nSPS) is 14.4. The molecule has 0 aliphatic rings. The number of hydrogen-bond acceptors (Lipinski definition) is 3. The summed E-state index contributed by atoms with van der Waals surface area (Å²) in [5, 5.41) is -7.13. The van der Waals surface area contributed by atoms with Gasteiger partial charge in [-0.1, -0.05) is 161 Å². The quantitative estimate of drug-likeness (QED) is 0.127. The first kappa shape index (κ1) is 54.6. The van der Waals surface area contributed by atoms with Crippen LogP contribution in [0.1, 0.15) is 228 Å². The molecule has 0 amide bonds. The van der Waals surface area contributed by atoms with Crippen LogP contribution in [0.4, 0.5) is 39.5 Å². The molecule has 0 radical (unpaired) electrons. The maximum absolute atomic E-state index is 16.7. The highest BCUT2D eigenvalue weighted by molar-refractivity contribution is 8.33. The molecule has 0 heterocycles. The summed E-state index contributed by atoms with van der Waals surface area (Å²) in [6.07, 6.45) is -7.27. The molecular weight excluding hydrogens is 872 g/mol. The van der Waals surface area contributed by atoms with Gasteiger partial charge in [-0.3, -0.25) is 0 Å². The molecule has 0 bridgehead atoms. The molecule has 3 rings (SSSR count). The average Bonchev–Trinajstić information content (AvgIpc) is 3.14. The van der Waals surface area contributed by atoms with Crippen molar-refractivity contribution in [3.8, 4) is 0 Å². The first-order valence-corrected chi connectivity index (χ1v) is 24.9. The van der Waals surface area contributed by atoms with Crippen molar-refractivity contribution in [1.82, 2.24) is 0 Å². The predicted octanol–water partition coefficient (Wildman–Crippen LogP) is 17.8. The fourth-order valence-electron chi connectivity index (χ4n) is 7.77. The van der Waals surface area contributed by atoms with Crippen molar-refractivity contribution in [3.63, 3.8) is 0 Å². The minimum atomic E-state index is -7.53. The number of halogens is 9. The highest BCUT2D eigenvalue weighted by atomic mass is 32.3. The van der Waals surface area contributed by atoms with Crippen molar-refractivity contribution in [2.45, 2.75) is 216 Å². The molecule has 0 fully saturated rings. The van der Waals surface area contributed by atoms with E-state index in [4.69, 9.17) is 3.63 Å². The lowest BCUT2D eigenvalue weighted by molar-refractivity contribution is -0.382. The number of hydrogen-bond donors (Lipinski definition) is 0. The maximum atomic E-state index is 16.7. The summed E-state index contributed by atoms with van der Waals surface area (Å²) in [5.41, 5.74) is 4.95. The van der Waals surface area contributed by atoms with Crippen LogP contribution in [0.25, 0.3) is 0 Å². The lowest BCUT2D eigenvalue weighted by Crippen LogP contribution is -2.63. The molecule has 0 atom stereocenters. The van der Waals surface area contributed by atoms with E-state index < -0.39 is 79.2 Å². The first-order valence-electron chi connectivity index (χ1n) is 21.9. The van der Waals surface area contributed by atoms with E-state index in [2.05, 4.69) is 0 Å². The fraction of sp³-hybridized carbons (Fsp3) is 0.633. The Balaban J connectivity index is 3.21. The van der Waals surface area contributed by atoms with Crippen LogP contribution in [-0.2, 0) is 13.7 Å². The summed E-state index contributed by atoms with van der Waals surface area (Å²) in [5.74, 6) is -18.5. The van der Waals surface area contributed by atoms with E-state index in [1.54, 1.807) is 0 Å². The summed E-state index contributed by atoms with van der Waals surface area (Å²) < 4.78 is 172. The second-order valence-electron chi connectivity index (χ2n) is 19.7. The summed E-state index contributed by atoms with van der Waals surface area (Å²) in [6, 6.07) is 10.9. The van der Waals surface area contributed by atoms with Gasteiger partial charge in [0.25, 0.3) is 0 Å². The van der Waals surface area contributed by atoms with Gasteiger partial charge in [-0.25, -0.2) is 3.63 Å². The maximum Gasteiger partial charge on any atom is 0.460 e. The first-order chi connectivity index (χ1) is 28.4. The van der Waals surface area contributed by atoms with Gasteiger partial charge >= 0.3 is 33.4 Å². The van der Waals surface area contributed by atoms with Gasteiger partial charge in [-0.2, -0.15) is 47.9 Å². The van der Waals surface area contributed by atoms with Crippen LogP contribution in [-0.4, -0.2) is 31.7 Å². The van der Waals surface area contributed by atoms with Gasteiger partial charge in [0.05, 0.1) is 0 Å². The summed E-state index contributed by atoms with van der Waals surface area (Å²) >= 11 is 0. The lowest BCUT2D eigenvalue weighted by atomic mass is 9.89. The molecule has 0 spiro atoms. The van der Waals surface area contributed by atoms with E-state index in [1.165, 1.54) is 0 Å². The minimum absolute atomic E-state index is 0.101. The second kappa shape index (κ2) is 18.9. The zero-order chi connectivity index (χ0) is 49.1. The molecule has 0 saturated carbocycles. The average molecular weight is 941 g/mol. The Morgan fingerprint density at radius 1 is 0.365 bits per heavy atom. The lowest BCUT2D eigenvalue weighted by Gasteiger charge is -2.49. The molecule has 14 heteroatoms. The topological polar surface area (TPSA) is 43.4 Å². The molecule has 0 saturated heterocycles. The monoisotopic (exact) mass is 940 g/mol. The highest BCUT2D eigenvalue weighted by Gasteiger charge is 2.86. The molecule has 63 heavy (non-hydrogen) atoms. The van der Waals surface area contributed by atoms with Crippen molar-refractivity contribution < 1.29 is 51.6 Å². The third-order valence-electron chi connectivity index (χ3n) is 11.7. The molecule has 0 aromatic heterocycles. The third-order valence-corrected chi connectivity index (χ3v) is 17.3. The minimum Gasteiger partial charge on any atom is -0.202 e. The molecule has 0 aliphatic carbocycles. The van der Waals surface area contributed by atoms with E-state index >= 15 is 17.6 Å². The Labute approximate surface area is 373 Å². The van der Waals surface area contributed by atoms with Gasteiger partial charge in [-0.05, 0) is 114 Å². The SMILES string of the molecule is CC(C)c1cc(C(C)C)c(S(OS(=O)(=O)C(F)(F)C(F)(F)C(F)(F)C(F)(F)F)(c2c(C(C)C)cc(C(C)C)cc2C(C)C)c2c(C(C)C)cc(C(C)C)cc2C(C)C)c(C(C)C)c1. The molecule has 0 unspecified atom stereocenters. The van der Waals surface area contributed by atoms with Crippen molar-refractivity contribution in [1.29, 1.82) is 0 Å². The van der Waals surface area contributed by atoms with Crippen LogP contribution in [0.3, 0.4) is 0 Å². The Morgan fingerprint density at radius 3 is 0.730 bits per heavy atom. The molecular formula is C49H69F9O3S2. The molecule has 358 valence electrons. The summed E-state index contributed by atoms with van der Waals surface area (Å²) in [4.78, 5) is 0.304. The number of rotatable bonds is 17. The largest absolute Gasteiger partial charge is 0.460 e. The van der Waals surface area contributed by atoms with Gasteiger partial charge in [0.2, 0.25) is 0 Å². The Hall–Kier alpha value is -2.71. The van der Waals surface area contributed by atoms with Gasteiger partial charge in [0.15, 0.2) is 0 Å². The zero-order valence-electron chi connectivity index (χ0n) is 40.1. The molecule has 3 nitrogen and oxygen atoms in total. The smallest absolute Gasteiger partial charge is 0.202 e. The zero-order valence-corrected chi connectivity index (χ0v) is 41.7. The van der Waals surface area contributed by atoms with E-state index in [1.807, 2.05) is 161 Å². The van der Waals surface area contributed by atoms with E-state index in [0.29, 0.717) is 33.4 Å². The number of alkyl halides is 9. The predicted molar refractivity (Wildman–Crippen MR) is 239 cm³/mol. The van der Waals surface area contributed by atoms with Crippen molar-refractivity contribution in [2.24, 2.45) is 0 Å². The van der Waals surface area contributed by atoms with Crippen LogP contribution >= 0.6 is 10.3 Å². The molecule has 3 aromatic rings. The molecule has 0 aliphatic heterocycles. The second-order valence-corrected chi connectivity index (χ2v) is 24.0. The van der Waals surface area contributed by atoms with Gasteiger partial charge < -0.3 is 0 Å². The molecule has 3 aromatic carbocycles. The highest BCUT2D eigenvalue weighted by Crippen LogP contribution is 2.78. The summed E-state index contributed by atoms with van der Waals surface area (Å²) in [6.45, 7) is 33.3. The van der Waals surface area contributed by atoms with Gasteiger partial charge in [-0.15, -0.1) is 0 Å². The Bertz CT molecular complexity index is 1950. The molecule has 0 N–H and O–H groups in total. The van der Waals surface area contributed by atoms with Crippen molar-refractivity contribution in [2.75, 3.05) is 0 Å². The standard InChI is InChI=1S/C49H69F9O3S2/c1-25(2)34-19-37(28(7)8)43(38(20-34)29(9)10)62(44-39(30(11)12)21-35(26(3)4)22-40(44)31(13)14,45-41(32(15)16)23-36(27(5)6)24-42(45)33(17)18)61-63(59,60)49(57,58)47(52,53)46(50,51)48(54,55)56/h19-33H,1-18H3. The Kier molecular flexibility index (Phi) is 16.4. The Morgan fingerprint density at radius 2 is 0.571 bits per heavy atom. The van der Waals surface area contributed by atoms with Crippen molar-refractivity contribution in [3.05, 3.63) is 86.5 Å².